The summed E-state index contributed by atoms with van der Waals surface area (Å²) < 4.78 is 4.79. The second-order valence-electron chi connectivity index (χ2n) is 5.56. The van der Waals surface area contributed by atoms with Gasteiger partial charge in [-0.05, 0) is 13.8 Å². The Kier molecular flexibility index (Phi) is 5.50. The molecule has 0 aliphatic carbocycles. The standard InChI is InChI=1S/C13H22N2O5/c1-13(2,12(18)19)8-10(16)14-4-6-15(7-5-14)11(17)9-20-3/h4-9H2,1-3H3,(H,18,19). The number of carboxylic acid groups (broad SMARTS) is 1. The summed E-state index contributed by atoms with van der Waals surface area (Å²) in [6.45, 7) is 4.90. The lowest BCUT2D eigenvalue weighted by molar-refractivity contribution is -0.152. The molecule has 0 aromatic carbocycles. The summed E-state index contributed by atoms with van der Waals surface area (Å²) in [6, 6.07) is 0. The molecule has 114 valence electrons. The van der Waals surface area contributed by atoms with E-state index in [1.54, 1.807) is 9.80 Å². The monoisotopic (exact) mass is 286 g/mol. The molecule has 0 saturated carbocycles. The van der Waals surface area contributed by atoms with Crippen LogP contribution in [0.2, 0.25) is 0 Å². The molecule has 1 rings (SSSR count). The van der Waals surface area contributed by atoms with E-state index < -0.39 is 11.4 Å². The van der Waals surface area contributed by atoms with Crippen molar-refractivity contribution in [2.24, 2.45) is 5.41 Å². The van der Waals surface area contributed by atoms with Gasteiger partial charge in [0.15, 0.2) is 0 Å². The van der Waals surface area contributed by atoms with Gasteiger partial charge in [-0.15, -0.1) is 0 Å². The van der Waals surface area contributed by atoms with E-state index in [4.69, 9.17) is 9.84 Å². The summed E-state index contributed by atoms with van der Waals surface area (Å²) in [7, 11) is 1.46. The SMILES string of the molecule is COCC(=O)N1CCN(C(=O)CC(C)(C)C(=O)O)CC1. The lowest BCUT2D eigenvalue weighted by atomic mass is 9.89. The van der Waals surface area contributed by atoms with Gasteiger partial charge in [0.05, 0.1) is 5.41 Å². The highest BCUT2D eigenvalue weighted by molar-refractivity contribution is 5.84. The first-order chi connectivity index (χ1) is 9.27. The zero-order chi connectivity index (χ0) is 15.3. The van der Waals surface area contributed by atoms with Gasteiger partial charge in [-0.3, -0.25) is 14.4 Å². The number of piperazine rings is 1. The fourth-order valence-electron chi connectivity index (χ4n) is 1.99. The number of carbonyl (C=O) groups is 3. The van der Waals surface area contributed by atoms with Crippen LogP contribution in [0.1, 0.15) is 20.3 Å². The number of rotatable bonds is 5. The molecular weight excluding hydrogens is 264 g/mol. The minimum Gasteiger partial charge on any atom is -0.481 e. The van der Waals surface area contributed by atoms with Gasteiger partial charge in [-0.2, -0.15) is 0 Å². The van der Waals surface area contributed by atoms with Gasteiger partial charge < -0.3 is 19.6 Å². The Labute approximate surface area is 118 Å². The number of aliphatic carboxylic acids is 1. The first kappa shape index (κ1) is 16.4. The number of carboxylic acids is 1. The summed E-state index contributed by atoms with van der Waals surface area (Å²) in [6.07, 6.45) is -0.0334. The number of hydrogen-bond acceptors (Lipinski definition) is 4. The second-order valence-corrected chi connectivity index (χ2v) is 5.56. The van der Waals surface area contributed by atoms with Crippen LogP contribution in [0.25, 0.3) is 0 Å². The third-order valence-electron chi connectivity index (χ3n) is 3.43. The van der Waals surface area contributed by atoms with E-state index in [9.17, 15) is 14.4 Å². The molecule has 7 nitrogen and oxygen atoms in total. The van der Waals surface area contributed by atoms with Crippen LogP contribution in [-0.2, 0) is 19.1 Å². The summed E-state index contributed by atoms with van der Waals surface area (Å²) in [5.41, 5.74) is -1.07. The van der Waals surface area contributed by atoms with Gasteiger partial charge in [-0.1, -0.05) is 0 Å². The first-order valence-electron chi connectivity index (χ1n) is 6.56. The number of amides is 2. The molecular formula is C13H22N2O5. The summed E-state index contributed by atoms with van der Waals surface area (Å²) >= 11 is 0. The maximum absolute atomic E-state index is 12.1. The van der Waals surface area contributed by atoms with E-state index in [-0.39, 0.29) is 24.8 Å². The average Bonchev–Trinajstić information content (AvgIpc) is 2.38. The van der Waals surface area contributed by atoms with Crippen LogP contribution >= 0.6 is 0 Å². The highest BCUT2D eigenvalue weighted by Crippen LogP contribution is 2.22. The van der Waals surface area contributed by atoms with Crippen LogP contribution in [0.5, 0.6) is 0 Å². The molecule has 1 aliphatic heterocycles. The maximum Gasteiger partial charge on any atom is 0.309 e. The highest BCUT2D eigenvalue weighted by Gasteiger charge is 2.33. The van der Waals surface area contributed by atoms with Gasteiger partial charge in [0.1, 0.15) is 6.61 Å². The van der Waals surface area contributed by atoms with Crippen molar-refractivity contribution in [1.29, 1.82) is 0 Å². The van der Waals surface area contributed by atoms with Crippen molar-refractivity contribution in [3.05, 3.63) is 0 Å². The van der Waals surface area contributed by atoms with Gasteiger partial charge >= 0.3 is 5.97 Å². The molecule has 7 heteroatoms. The molecule has 1 N–H and O–H groups in total. The Morgan fingerprint density at radius 2 is 1.50 bits per heavy atom. The molecule has 1 heterocycles. The zero-order valence-corrected chi connectivity index (χ0v) is 12.2. The smallest absolute Gasteiger partial charge is 0.309 e. The topological polar surface area (TPSA) is 87.2 Å². The largest absolute Gasteiger partial charge is 0.481 e. The number of nitrogens with zero attached hydrogens (tertiary/aromatic N) is 2. The second kappa shape index (κ2) is 6.69. The zero-order valence-electron chi connectivity index (χ0n) is 12.2. The van der Waals surface area contributed by atoms with Crippen molar-refractivity contribution in [2.75, 3.05) is 39.9 Å². The number of carbonyl (C=O) groups excluding carboxylic acids is 2. The average molecular weight is 286 g/mol. The lowest BCUT2D eigenvalue weighted by Gasteiger charge is -2.35. The molecule has 0 aromatic heterocycles. The fourth-order valence-corrected chi connectivity index (χ4v) is 1.99. The molecule has 0 aromatic rings. The van der Waals surface area contributed by atoms with E-state index in [0.29, 0.717) is 26.2 Å². The quantitative estimate of drug-likeness (QED) is 0.756. The number of ether oxygens (including phenoxy) is 1. The molecule has 0 radical (unpaired) electrons. The molecule has 0 unspecified atom stereocenters. The summed E-state index contributed by atoms with van der Waals surface area (Å²) in [5.74, 6) is -1.26. The van der Waals surface area contributed by atoms with Crippen molar-refractivity contribution < 1.29 is 24.2 Å². The van der Waals surface area contributed by atoms with Crippen molar-refractivity contribution >= 4 is 17.8 Å². The van der Waals surface area contributed by atoms with Gasteiger partial charge in [0, 0.05) is 39.7 Å². The van der Waals surface area contributed by atoms with Crippen molar-refractivity contribution in [3.8, 4) is 0 Å². The predicted octanol–water partition coefficient (Wildman–Crippen LogP) is -0.195. The normalized spacial score (nSPS) is 16.1. The minimum absolute atomic E-state index is 0.0334. The van der Waals surface area contributed by atoms with Crippen LogP contribution in [0.4, 0.5) is 0 Å². The fraction of sp³-hybridized carbons (Fsp3) is 0.769. The Morgan fingerprint density at radius 1 is 1.05 bits per heavy atom. The summed E-state index contributed by atoms with van der Waals surface area (Å²) in [4.78, 5) is 37.9. The maximum atomic E-state index is 12.1. The van der Waals surface area contributed by atoms with E-state index in [2.05, 4.69) is 0 Å². The van der Waals surface area contributed by atoms with E-state index in [1.165, 1.54) is 21.0 Å². The Bertz CT molecular complexity index is 386. The van der Waals surface area contributed by atoms with Gasteiger partial charge in [-0.25, -0.2) is 0 Å². The predicted molar refractivity (Wildman–Crippen MR) is 71.1 cm³/mol. The minimum atomic E-state index is -1.07. The Balaban J connectivity index is 2.47. The molecule has 1 fully saturated rings. The van der Waals surface area contributed by atoms with Crippen molar-refractivity contribution in [1.82, 2.24) is 9.80 Å². The Hall–Kier alpha value is -1.63. The number of methoxy groups -OCH3 is 1. The molecule has 1 aliphatic rings. The van der Waals surface area contributed by atoms with Crippen LogP contribution in [-0.4, -0.2) is 72.6 Å². The molecule has 20 heavy (non-hydrogen) atoms. The van der Waals surface area contributed by atoms with Crippen LogP contribution in [0, 0.1) is 5.41 Å². The molecule has 0 atom stereocenters. The summed E-state index contributed by atoms with van der Waals surface area (Å²) in [5, 5.41) is 9.02. The third-order valence-corrected chi connectivity index (χ3v) is 3.43. The van der Waals surface area contributed by atoms with E-state index in [0.717, 1.165) is 0 Å². The van der Waals surface area contributed by atoms with Crippen LogP contribution in [0.3, 0.4) is 0 Å². The van der Waals surface area contributed by atoms with E-state index in [1.807, 2.05) is 0 Å². The van der Waals surface area contributed by atoms with Crippen LogP contribution in [0.15, 0.2) is 0 Å². The van der Waals surface area contributed by atoms with Crippen molar-refractivity contribution in [2.45, 2.75) is 20.3 Å². The number of hydrogen-bond donors (Lipinski definition) is 1. The lowest BCUT2D eigenvalue weighted by Crippen LogP contribution is -2.52. The van der Waals surface area contributed by atoms with Gasteiger partial charge in [0.2, 0.25) is 11.8 Å². The third kappa shape index (κ3) is 4.19. The van der Waals surface area contributed by atoms with Crippen molar-refractivity contribution in [3.63, 3.8) is 0 Å². The highest BCUT2D eigenvalue weighted by atomic mass is 16.5. The molecule has 0 spiro atoms. The molecule has 2 amide bonds. The Morgan fingerprint density at radius 3 is 1.90 bits per heavy atom. The molecule has 1 saturated heterocycles. The van der Waals surface area contributed by atoms with E-state index >= 15 is 0 Å². The van der Waals surface area contributed by atoms with Crippen LogP contribution < -0.4 is 0 Å². The molecule has 0 bridgehead atoms. The first-order valence-corrected chi connectivity index (χ1v) is 6.56. The van der Waals surface area contributed by atoms with Gasteiger partial charge in [0.25, 0.3) is 0 Å².